The van der Waals surface area contributed by atoms with Crippen LogP contribution in [0.5, 0.6) is 0 Å². The smallest absolute Gasteiger partial charge is 0.0837 e. The van der Waals surface area contributed by atoms with E-state index in [-0.39, 0.29) is 8.96 Å². The third-order valence-corrected chi connectivity index (χ3v) is 1.69. The maximum atomic E-state index is 5.14. The Morgan fingerprint density at radius 3 is 2.57 bits per heavy atom. The second-order valence-electron chi connectivity index (χ2n) is 1.99. The van der Waals surface area contributed by atoms with Crippen LogP contribution in [0.4, 0.5) is 0 Å². The summed E-state index contributed by atoms with van der Waals surface area (Å²) in [5.41, 5.74) is 5.14. The fraction of sp³-hybridized carbons (Fsp3) is 1.00. The lowest BCUT2D eigenvalue weighted by Crippen LogP contribution is -1.86. The van der Waals surface area contributed by atoms with Gasteiger partial charge in [0.1, 0.15) is 0 Å². The van der Waals surface area contributed by atoms with Gasteiger partial charge in [0.05, 0.1) is 15.1 Å². The normalized spacial score (nSPS) is 40.3. The number of nitrogens with two attached hydrogens (primary N) is 1. The van der Waals surface area contributed by atoms with E-state index in [1.165, 1.54) is 6.42 Å². The molecule has 0 aromatic rings. The Hall–Kier alpha value is 0.350. The third kappa shape index (κ3) is 1.37. The highest BCUT2D eigenvalue weighted by Gasteiger charge is 2.33. The highest BCUT2D eigenvalue weighted by atomic mass is 31.1. The highest BCUT2D eigenvalue weighted by Crippen LogP contribution is 2.35. The lowest BCUT2D eigenvalue weighted by Gasteiger charge is -1.91. The second kappa shape index (κ2) is 2.08. The molecule has 0 saturated heterocycles. The number of rotatable bonds is 2. The minimum atomic E-state index is 0.187. The van der Waals surface area contributed by atoms with Crippen LogP contribution in [-0.2, 0) is 4.52 Å². The molecule has 1 rings (SSSR count). The van der Waals surface area contributed by atoms with Crippen molar-refractivity contribution in [2.24, 2.45) is 11.4 Å². The molecule has 0 heterocycles. The zero-order valence-corrected chi connectivity index (χ0v) is 5.35. The first kappa shape index (κ1) is 5.49. The standard InChI is InChI=1S/C4H10NOP/c1-3-2-4(3)6-7-5/h3-4,7H,2,5H2,1H3. The summed E-state index contributed by atoms with van der Waals surface area (Å²) in [7, 11) is 0.187. The van der Waals surface area contributed by atoms with Crippen molar-refractivity contribution in [1.29, 1.82) is 0 Å². The summed E-state index contributed by atoms with van der Waals surface area (Å²) in [5, 5.41) is 0. The molecule has 2 nitrogen and oxygen atoms in total. The summed E-state index contributed by atoms with van der Waals surface area (Å²) in [6, 6.07) is 0. The van der Waals surface area contributed by atoms with Crippen molar-refractivity contribution in [3.8, 4) is 0 Å². The summed E-state index contributed by atoms with van der Waals surface area (Å²) in [4.78, 5) is 0. The fourth-order valence-electron chi connectivity index (χ4n) is 0.540. The van der Waals surface area contributed by atoms with E-state index in [1.54, 1.807) is 0 Å². The predicted octanol–water partition coefficient (Wildman–Crippen LogP) is 0.879. The minimum Gasteiger partial charge on any atom is -0.343 e. The number of hydrogen-bond donors (Lipinski definition) is 1. The first-order valence-corrected chi connectivity index (χ1v) is 3.44. The molecule has 1 aliphatic carbocycles. The third-order valence-electron chi connectivity index (χ3n) is 1.26. The maximum absolute atomic E-state index is 5.14. The van der Waals surface area contributed by atoms with E-state index in [4.69, 9.17) is 10.0 Å². The van der Waals surface area contributed by atoms with Gasteiger partial charge in [-0.05, 0) is 12.3 Å². The van der Waals surface area contributed by atoms with Crippen molar-refractivity contribution in [3.05, 3.63) is 0 Å². The van der Waals surface area contributed by atoms with Crippen molar-refractivity contribution in [2.75, 3.05) is 0 Å². The molecule has 0 aromatic carbocycles. The van der Waals surface area contributed by atoms with Crippen LogP contribution in [0.1, 0.15) is 13.3 Å². The molecule has 42 valence electrons. The van der Waals surface area contributed by atoms with Gasteiger partial charge in [-0.1, -0.05) is 6.92 Å². The quantitative estimate of drug-likeness (QED) is 0.547. The Morgan fingerprint density at radius 1 is 1.86 bits per heavy atom. The van der Waals surface area contributed by atoms with Crippen LogP contribution in [0.3, 0.4) is 0 Å². The molecule has 0 aliphatic heterocycles. The second-order valence-corrected chi connectivity index (χ2v) is 2.46. The average molecular weight is 119 g/mol. The lowest BCUT2D eigenvalue weighted by molar-refractivity contribution is 0.331. The molecule has 0 radical (unpaired) electrons. The van der Waals surface area contributed by atoms with Crippen molar-refractivity contribution in [1.82, 2.24) is 0 Å². The van der Waals surface area contributed by atoms with Crippen LogP contribution in [0.15, 0.2) is 0 Å². The van der Waals surface area contributed by atoms with Crippen LogP contribution in [-0.4, -0.2) is 6.10 Å². The summed E-state index contributed by atoms with van der Waals surface area (Å²) in [5.74, 6) is 0.774. The molecular weight excluding hydrogens is 109 g/mol. The summed E-state index contributed by atoms with van der Waals surface area (Å²) < 4.78 is 5.07. The van der Waals surface area contributed by atoms with E-state index in [2.05, 4.69) is 6.92 Å². The molecule has 0 aromatic heterocycles. The molecule has 2 N–H and O–H groups in total. The predicted molar refractivity (Wildman–Crippen MR) is 31.2 cm³/mol. The zero-order valence-electron chi connectivity index (χ0n) is 4.35. The van der Waals surface area contributed by atoms with Gasteiger partial charge in [0.15, 0.2) is 0 Å². The van der Waals surface area contributed by atoms with Crippen LogP contribution in [0, 0.1) is 5.92 Å². The van der Waals surface area contributed by atoms with Gasteiger partial charge in [0.25, 0.3) is 0 Å². The number of hydrogen-bond acceptors (Lipinski definition) is 2. The van der Waals surface area contributed by atoms with E-state index >= 15 is 0 Å². The average Bonchev–Trinajstić information content (AvgIpc) is 2.22. The Labute approximate surface area is 45.3 Å². The largest absolute Gasteiger partial charge is 0.343 e. The van der Waals surface area contributed by atoms with E-state index in [9.17, 15) is 0 Å². The highest BCUT2D eigenvalue weighted by molar-refractivity contribution is 7.29. The zero-order chi connectivity index (χ0) is 5.28. The summed E-state index contributed by atoms with van der Waals surface area (Å²) in [6.45, 7) is 2.17. The molecule has 7 heavy (non-hydrogen) atoms. The minimum absolute atomic E-state index is 0.187. The molecule has 0 spiro atoms. The lowest BCUT2D eigenvalue weighted by atomic mass is 10.5. The summed E-state index contributed by atoms with van der Waals surface area (Å²) in [6.07, 6.45) is 1.72. The van der Waals surface area contributed by atoms with Crippen LogP contribution in [0.2, 0.25) is 0 Å². The van der Waals surface area contributed by atoms with Crippen molar-refractivity contribution < 1.29 is 4.52 Å². The van der Waals surface area contributed by atoms with Gasteiger partial charge < -0.3 is 4.52 Å². The van der Waals surface area contributed by atoms with E-state index in [1.807, 2.05) is 0 Å². The maximum Gasteiger partial charge on any atom is 0.0837 e. The van der Waals surface area contributed by atoms with Crippen LogP contribution >= 0.6 is 8.96 Å². The molecule has 1 fully saturated rings. The molecule has 3 atom stereocenters. The van der Waals surface area contributed by atoms with E-state index in [0.29, 0.717) is 6.10 Å². The molecule has 0 bridgehead atoms. The summed E-state index contributed by atoms with van der Waals surface area (Å²) >= 11 is 0. The fourth-order valence-corrected chi connectivity index (χ4v) is 1.04. The molecular formula is C4H10NOP. The van der Waals surface area contributed by atoms with E-state index in [0.717, 1.165) is 5.92 Å². The first-order valence-electron chi connectivity index (χ1n) is 2.46. The SMILES string of the molecule is CC1CC1OPN. The molecule has 3 heteroatoms. The van der Waals surface area contributed by atoms with E-state index < -0.39 is 0 Å². The Balaban J connectivity index is 1.98. The van der Waals surface area contributed by atoms with Gasteiger partial charge in [-0.25, -0.2) is 0 Å². The van der Waals surface area contributed by atoms with Gasteiger partial charge in [-0.3, -0.25) is 5.50 Å². The van der Waals surface area contributed by atoms with Crippen molar-refractivity contribution in [3.63, 3.8) is 0 Å². The Kier molecular flexibility index (Phi) is 1.63. The molecule has 0 amide bonds. The van der Waals surface area contributed by atoms with Crippen molar-refractivity contribution in [2.45, 2.75) is 19.4 Å². The van der Waals surface area contributed by atoms with Gasteiger partial charge in [0.2, 0.25) is 0 Å². The molecule has 1 aliphatic rings. The van der Waals surface area contributed by atoms with Gasteiger partial charge in [-0.15, -0.1) is 0 Å². The Bertz CT molecular complexity index is 68.7. The molecule has 1 saturated carbocycles. The topological polar surface area (TPSA) is 35.2 Å². The van der Waals surface area contributed by atoms with Crippen molar-refractivity contribution >= 4 is 8.96 Å². The molecule has 3 unspecified atom stereocenters. The monoisotopic (exact) mass is 119 g/mol. The van der Waals surface area contributed by atoms with Gasteiger partial charge in [-0.2, -0.15) is 0 Å². The van der Waals surface area contributed by atoms with Crippen LogP contribution in [0.25, 0.3) is 0 Å². The first-order chi connectivity index (χ1) is 3.34. The van der Waals surface area contributed by atoms with Gasteiger partial charge in [0, 0.05) is 0 Å². The van der Waals surface area contributed by atoms with Crippen LogP contribution < -0.4 is 5.50 Å². The van der Waals surface area contributed by atoms with Gasteiger partial charge >= 0.3 is 0 Å². The Morgan fingerprint density at radius 2 is 2.43 bits per heavy atom.